The number of fused-ring (bicyclic) bond motifs is 1. The molecule has 2 aromatic rings. The van der Waals surface area contributed by atoms with Crippen molar-refractivity contribution in [1.29, 1.82) is 0 Å². The Balaban J connectivity index is 2.10. The molecule has 0 aromatic carbocycles. The van der Waals surface area contributed by atoms with Gasteiger partial charge in [0, 0.05) is 4.91 Å². The first-order valence-electron chi connectivity index (χ1n) is 6.12. The smallest absolute Gasteiger partial charge is 0.220 e. The van der Waals surface area contributed by atoms with E-state index < -0.39 is 31.1 Å². The predicted octanol–water partition coefficient (Wildman–Crippen LogP) is -1.64. The van der Waals surface area contributed by atoms with Crippen molar-refractivity contribution in [2.24, 2.45) is 5.11 Å². The molecule has 13 nitrogen and oxygen atoms in total. The van der Waals surface area contributed by atoms with Gasteiger partial charge in [-0.15, -0.1) is 5.10 Å². The summed E-state index contributed by atoms with van der Waals surface area (Å²) >= 11 is 0. The zero-order valence-corrected chi connectivity index (χ0v) is 10.9. The Morgan fingerprint density at radius 3 is 2.77 bits per heavy atom. The number of aromatic nitrogens is 5. The number of ether oxygens (including phenoxy) is 1. The first-order chi connectivity index (χ1) is 10.6. The number of nitrogens with zero attached hydrogens (tertiary/aromatic N) is 8. The van der Waals surface area contributed by atoms with Crippen LogP contribution >= 0.6 is 0 Å². The van der Waals surface area contributed by atoms with Gasteiger partial charge >= 0.3 is 0 Å². The highest BCUT2D eigenvalue weighted by atomic mass is 16.6. The fraction of sp³-hybridized carbons (Fsp3) is 0.556. The molecule has 1 aliphatic heterocycles. The first-order valence-corrected chi connectivity index (χ1v) is 6.12. The van der Waals surface area contributed by atoms with E-state index in [0.717, 1.165) is 4.68 Å². The van der Waals surface area contributed by atoms with Gasteiger partial charge in [0.1, 0.15) is 18.3 Å². The largest absolute Gasteiger partial charge is 0.394 e. The van der Waals surface area contributed by atoms with Gasteiger partial charge in [-0.1, -0.05) is 5.21 Å². The third-order valence-electron chi connectivity index (χ3n) is 3.23. The lowest BCUT2D eigenvalue weighted by Crippen LogP contribution is -2.33. The van der Waals surface area contributed by atoms with Crippen LogP contribution in [0.4, 0.5) is 11.8 Å². The summed E-state index contributed by atoms with van der Waals surface area (Å²) in [5, 5.41) is 39.7. The Hall–Kier alpha value is -2.57. The normalized spacial score (nSPS) is 28.0. The summed E-state index contributed by atoms with van der Waals surface area (Å²) in [7, 11) is 0. The number of anilines is 1. The van der Waals surface area contributed by atoms with E-state index in [9.17, 15) is 10.2 Å². The minimum absolute atomic E-state index is 0.0599. The number of aliphatic hydroxyl groups excluding tert-OH is 3. The molecule has 0 aliphatic carbocycles. The van der Waals surface area contributed by atoms with Crippen molar-refractivity contribution < 1.29 is 20.1 Å². The number of hydrogen-bond donors (Lipinski definition) is 4. The molecule has 2 aromatic heterocycles. The van der Waals surface area contributed by atoms with Crippen molar-refractivity contribution >= 4 is 22.9 Å². The Labute approximate surface area is 121 Å². The number of aliphatic hydroxyl groups is 3. The third-order valence-corrected chi connectivity index (χ3v) is 3.23. The maximum Gasteiger partial charge on any atom is 0.220 e. The Kier molecular flexibility index (Phi) is 3.48. The zero-order valence-electron chi connectivity index (χ0n) is 10.9. The summed E-state index contributed by atoms with van der Waals surface area (Å²) in [6, 6.07) is 0. The molecular weight excluding hydrogens is 298 g/mol. The van der Waals surface area contributed by atoms with E-state index in [-0.39, 0.29) is 22.9 Å². The average molecular weight is 309 g/mol. The van der Waals surface area contributed by atoms with Crippen LogP contribution in [-0.4, -0.2) is 65.2 Å². The fourth-order valence-corrected chi connectivity index (χ4v) is 2.18. The van der Waals surface area contributed by atoms with Crippen LogP contribution < -0.4 is 5.73 Å². The molecule has 22 heavy (non-hydrogen) atoms. The maximum absolute atomic E-state index is 10.0. The molecule has 3 heterocycles. The summed E-state index contributed by atoms with van der Waals surface area (Å²) in [4.78, 5) is 10.2. The minimum Gasteiger partial charge on any atom is -0.394 e. The Morgan fingerprint density at radius 2 is 2.14 bits per heavy atom. The van der Waals surface area contributed by atoms with Crippen molar-refractivity contribution in [2.75, 3.05) is 12.3 Å². The van der Waals surface area contributed by atoms with E-state index in [1.807, 2.05) is 0 Å². The van der Waals surface area contributed by atoms with E-state index >= 15 is 0 Å². The van der Waals surface area contributed by atoms with Crippen LogP contribution in [0.2, 0.25) is 0 Å². The van der Waals surface area contributed by atoms with Crippen molar-refractivity contribution in [3.05, 3.63) is 10.4 Å². The second kappa shape index (κ2) is 5.32. The lowest BCUT2D eigenvalue weighted by atomic mass is 10.1. The Bertz CT molecular complexity index is 757. The van der Waals surface area contributed by atoms with Gasteiger partial charge in [0.2, 0.25) is 5.95 Å². The van der Waals surface area contributed by atoms with E-state index in [4.69, 9.17) is 21.1 Å². The molecule has 1 saturated heterocycles. The number of azide groups is 1. The van der Waals surface area contributed by atoms with E-state index in [0.29, 0.717) is 0 Å². The van der Waals surface area contributed by atoms with E-state index in [1.165, 1.54) is 0 Å². The first kappa shape index (κ1) is 14.4. The van der Waals surface area contributed by atoms with Crippen LogP contribution in [0.25, 0.3) is 21.6 Å². The van der Waals surface area contributed by atoms with Gasteiger partial charge in [0.15, 0.2) is 23.2 Å². The van der Waals surface area contributed by atoms with Crippen molar-refractivity contribution in [1.82, 2.24) is 25.0 Å². The van der Waals surface area contributed by atoms with Gasteiger partial charge < -0.3 is 25.8 Å². The molecule has 5 N–H and O–H groups in total. The monoisotopic (exact) mass is 309 g/mol. The highest BCUT2D eigenvalue weighted by Gasteiger charge is 2.44. The van der Waals surface area contributed by atoms with Crippen LogP contribution in [0, 0.1) is 0 Å². The molecule has 13 heteroatoms. The SMILES string of the molecule is [N-]=[N+]=Nc1nc(N)c2nnn([C@H]3O[C@H](CO)[C@@H](O)[C@@H]3O)c2n1. The van der Waals surface area contributed by atoms with Crippen LogP contribution in [0.1, 0.15) is 6.23 Å². The van der Waals surface area contributed by atoms with Crippen LogP contribution in [0.5, 0.6) is 0 Å². The van der Waals surface area contributed by atoms with Gasteiger partial charge in [-0.2, -0.15) is 4.68 Å². The molecule has 4 atom stereocenters. The molecule has 0 spiro atoms. The highest BCUT2D eigenvalue weighted by Crippen LogP contribution is 2.31. The molecule has 0 radical (unpaired) electrons. The number of hydrogen-bond acceptors (Lipinski definition) is 10. The molecule has 0 amide bonds. The summed E-state index contributed by atoms with van der Waals surface area (Å²) < 4.78 is 6.41. The average Bonchev–Trinajstić information content (AvgIpc) is 3.03. The number of rotatable bonds is 3. The Morgan fingerprint density at radius 1 is 1.36 bits per heavy atom. The van der Waals surface area contributed by atoms with Crippen molar-refractivity contribution in [3.8, 4) is 0 Å². The molecule has 0 bridgehead atoms. The van der Waals surface area contributed by atoms with Gasteiger partial charge in [-0.3, -0.25) is 0 Å². The van der Waals surface area contributed by atoms with E-state index in [1.54, 1.807) is 0 Å². The predicted molar refractivity (Wildman–Crippen MR) is 69.3 cm³/mol. The topological polar surface area (TPSA) is 201 Å². The van der Waals surface area contributed by atoms with Gasteiger partial charge in [0.05, 0.1) is 6.61 Å². The summed E-state index contributed by atoms with van der Waals surface area (Å²) in [5.74, 6) is -0.312. The van der Waals surface area contributed by atoms with Crippen molar-refractivity contribution in [3.63, 3.8) is 0 Å². The summed E-state index contributed by atoms with van der Waals surface area (Å²) in [6.07, 6.45) is -4.77. The lowest BCUT2D eigenvalue weighted by molar-refractivity contribution is -0.0574. The lowest BCUT2D eigenvalue weighted by Gasteiger charge is -2.14. The van der Waals surface area contributed by atoms with E-state index in [2.05, 4.69) is 30.3 Å². The molecular formula is C9H11N9O4. The maximum atomic E-state index is 10.0. The molecule has 116 valence electrons. The molecule has 0 unspecified atom stereocenters. The van der Waals surface area contributed by atoms with Crippen molar-refractivity contribution in [2.45, 2.75) is 24.5 Å². The number of nitrogens with two attached hydrogens (primary N) is 1. The molecule has 1 aliphatic rings. The molecule has 3 rings (SSSR count). The minimum atomic E-state index is -1.36. The van der Waals surface area contributed by atoms with Gasteiger partial charge in [0.25, 0.3) is 0 Å². The quantitative estimate of drug-likeness (QED) is 0.291. The summed E-state index contributed by atoms with van der Waals surface area (Å²) in [6.45, 7) is -0.484. The molecule has 0 saturated carbocycles. The standard InChI is InChI=1S/C9H11N9O4/c10-6-3-7(13-9(12-6)15-16-11)18(17-14-3)8-5(21)4(20)2(1-19)22-8/h2,4-5,8,19-21H,1H2,(H2,10,12,13)/t2-,4-,5+,8+/m1/s1. The van der Waals surface area contributed by atoms with Crippen LogP contribution in [0.3, 0.4) is 0 Å². The van der Waals surface area contributed by atoms with Crippen LogP contribution in [-0.2, 0) is 4.74 Å². The highest BCUT2D eigenvalue weighted by molar-refractivity contribution is 5.81. The number of nitrogen functional groups attached to an aromatic ring is 1. The third kappa shape index (κ3) is 2.09. The van der Waals surface area contributed by atoms with Gasteiger partial charge in [-0.25, -0.2) is 9.97 Å². The van der Waals surface area contributed by atoms with Gasteiger partial charge in [-0.05, 0) is 10.6 Å². The zero-order chi connectivity index (χ0) is 15.9. The molecule has 1 fully saturated rings. The second-order valence-electron chi connectivity index (χ2n) is 4.53. The summed E-state index contributed by atoms with van der Waals surface area (Å²) in [5.41, 5.74) is 14.3. The second-order valence-corrected chi connectivity index (χ2v) is 4.53. The van der Waals surface area contributed by atoms with Crippen LogP contribution in [0.15, 0.2) is 5.11 Å². The fourth-order valence-electron chi connectivity index (χ4n) is 2.18.